The molecule has 2 rings (SSSR count). The van der Waals surface area contributed by atoms with Gasteiger partial charge in [0.2, 0.25) is 0 Å². The lowest BCUT2D eigenvalue weighted by molar-refractivity contribution is 0.0363. The van der Waals surface area contributed by atoms with Gasteiger partial charge in [-0.3, -0.25) is 4.57 Å². The third-order valence-corrected chi connectivity index (χ3v) is 6.63. The molecule has 2 atom stereocenters. The molecule has 22 heavy (non-hydrogen) atoms. The van der Waals surface area contributed by atoms with E-state index in [0.717, 1.165) is 12.7 Å². The van der Waals surface area contributed by atoms with Crippen molar-refractivity contribution >= 4 is 17.7 Å². The average molecular weight is 350 g/mol. The first kappa shape index (κ1) is 17.7. The van der Waals surface area contributed by atoms with Gasteiger partial charge in [0.05, 0.1) is 19.0 Å². The van der Waals surface area contributed by atoms with Crippen molar-refractivity contribution in [2.75, 3.05) is 19.0 Å². The Kier molecular flexibility index (Phi) is 4.41. The third kappa shape index (κ3) is 3.48. The molecule has 0 amide bonds. The smallest absolute Gasteiger partial charge is 0.329 e. The molecule has 8 heteroatoms. The Morgan fingerprint density at radius 2 is 1.86 bits per heavy atom. The number of hydrogen-bond donors (Lipinski definition) is 1. The van der Waals surface area contributed by atoms with Crippen LogP contribution in [0.15, 0.2) is 23.5 Å². The first-order chi connectivity index (χ1) is 9.86. The van der Waals surface area contributed by atoms with E-state index in [-0.39, 0.29) is 18.5 Å². The van der Waals surface area contributed by atoms with E-state index in [1.807, 2.05) is 26.8 Å². The minimum atomic E-state index is -3.71. The van der Waals surface area contributed by atoms with Crippen LogP contribution in [0.5, 0.6) is 0 Å². The molecule has 1 unspecified atom stereocenters. The van der Waals surface area contributed by atoms with Crippen LogP contribution in [0.2, 0.25) is 0 Å². The van der Waals surface area contributed by atoms with Crippen LogP contribution >= 0.6 is 7.60 Å². The van der Waals surface area contributed by atoms with Gasteiger partial charge in [-0.2, -0.15) is 8.42 Å². The summed E-state index contributed by atoms with van der Waals surface area (Å²) in [5, 5.41) is 0. The lowest BCUT2D eigenvalue weighted by Gasteiger charge is -2.50. The lowest BCUT2D eigenvalue weighted by atomic mass is 9.62. The number of hydrogen-bond acceptors (Lipinski definition) is 5. The van der Waals surface area contributed by atoms with Crippen LogP contribution in [-0.2, 0) is 23.4 Å². The van der Waals surface area contributed by atoms with Gasteiger partial charge in [0, 0.05) is 5.41 Å². The molecule has 1 aliphatic carbocycles. The van der Waals surface area contributed by atoms with Gasteiger partial charge >= 0.3 is 17.7 Å². The highest BCUT2D eigenvalue weighted by Crippen LogP contribution is 2.62. The van der Waals surface area contributed by atoms with Crippen LogP contribution in [0.25, 0.3) is 0 Å². The summed E-state index contributed by atoms with van der Waals surface area (Å²) in [4.78, 5) is 9.92. The van der Waals surface area contributed by atoms with E-state index in [1.54, 1.807) is 6.08 Å². The van der Waals surface area contributed by atoms with E-state index < -0.39 is 28.5 Å². The third-order valence-electron chi connectivity index (χ3n) is 4.58. The van der Waals surface area contributed by atoms with Gasteiger partial charge in [0.15, 0.2) is 0 Å². The molecule has 2 aliphatic rings. The predicted molar refractivity (Wildman–Crippen MR) is 83.9 cm³/mol. The van der Waals surface area contributed by atoms with Crippen LogP contribution in [0.3, 0.4) is 0 Å². The quantitative estimate of drug-likeness (QED) is 0.622. The summed E-state index contributed by atoms with van der Waals surface area (Å²) >= 11 is 0. The maximum atomic E-state index is 12.1. The van der Waals surface area contributed by atoms with Gasteiger partial charge in [-0.15, -0.1) is 0 Å². The van der Waals surface area contributed by atoms with Gasteiger partial charge in [0.1, 0.15) is 5.76 Å². The van der Waals surface area contributed by atoms with Crippen LogP contribution in [0.4, 0.5) is 0 Å². The first-order valence-electron chi connectivity index (χ1n) is 7.13. The minimum absolute atomic E-state index is 0.0662. The summed E-state index contributed by atoms with van der Waals surface area (Å²) in [6, 6.07) is 0. The zero-order valence-corrected chi connectivity index (χ0v) is 15.0. The van der Waals surface area contributed by atoms with Crippen LogP contribution in [0, 0.1) is 10.8 Å². The van der Waals surface area contributed by atoms with Gasteiger partial charge in [-0.25, -0.2) is 0 Å². The van der Waals surface area contributed by atoms with E-state index in [4.69, 9.17) is 8.71 Å². The molecular formula is C14H23O6PS. The summed E-state index contributed by atoms with van der Waals surface area (Å²) in [7, 11) is -7.37. The van der Waals surface area contributed by atoms with Crippen molar-refractivity contribution in [3.8, 4) is 0 Å². The second-order valence-corrected chi connectivity index (χ2v) is 10.3. The number of allylic oxidation sites excluding steroid dienone is 3. The van der Waals surface area contributed by atoms with Gasteiger partial charge in [0.25, 0.3) is 0 Å². The molecule has 0 bridgehead atoms. The topological polar surface area (TPSA) is 89.9 Å². The Morgan fingerprint density at radius 3 is 2.45 bits per heavy atom. The standard InChI is InChI=1S/C14H23O6PS/c1-13(2)9-19-21(15,16)10-14(13,3)11-7-5-6-8-12(11)20-22(4,17)18/h7-8H,5-6,9-10H2,1-4H3,(H,15,16)/t14-/m1/s1. The zero-order valence-electron chi connectivity index (χ0n) is 13.3. The molecular weight excluding hydrogens is 327 g/mol. The van der Waals surface area contributed by atoms with E-state index in [2.05, 4.69) is 0 Å². The summed E-state index contributed by atoms with van der Waals surface area (Å²) in [6.07, 6.45) is 5.99. The normalized spacial score (nSPS) is 35.5. The summed E-state index contributed by atoms with van der Waals surface area (Å²) in [6.45, 7) is 5.88. The van der Waals surface area contributed by atoms with E-state index in [1.165, 1.54) is 0 Å². The van der Waals surface area contributed by atoms with Crippen molar-refractivity contribution < 1.29 is 26.6 Å². The monoisotopic (exact) mass is 350 g/mol. The molecule has 1 aliphatic heterocycles. The maximum absolute atomic E-state index is 12.1. The molecule has 1 saturated heterocycles. The Bertz CT molecular complexity index is 675. The summed E-state index contributed by atoms with van der Waals surface area (Å²) in [5.41, 5.74) is -0.481. The fraction of sp³-hybridized carbons (Fsp3) is 0.714. The molecule has 1 heterocycles. The second-order valence-electron chi connectivity index (χ2n) is 6.84. The molecule has 6 nitrogen and oxygen atoms in total. The summed E-state index contributed by atoms with van der Waals surface area (Å²) < 4.78 is 45.3. The SMILES string of the molecule is CC1(C)COP(=O)(O)C[C@]1(C)C1=CCCC=C1OS(C)(=O)=O. The van der Waals surface area contributed by atoms with Crippen molar-refractivity contribution in [3.05, 3.63) is 23.5 Å². The predicted octanol–water partition coefficient (Wildman–Crippen LogP) is 2.81. The van der Waals surface area contributed by atoms with E-state index in [0.29, 0.717) is 12.0 Å². The number of rotatable bonds is 3. The highest BCUT2D eigenvalue weighted by Gasteiger charge is 2.54. The Hall–Kier alpha value is -0.620. The molecule has 1 N–H and O–H groups in total. The summed E-state index contributed by atoms with van der Waals surface area (Å²) in [5.74, 6) is 0.270. The average Bonchev–Trinajstić information content (AvgIpc) is 2.33. The van der Waals surface area contributed by atoms with Crippen LogP contribution < -0.4 is 0 Å². The molecule has 0 saturated carbocycles. The molecule has 1 fully saturated rings. The zero-order chi connectivity index (χ0) is 16.8. The first-order valence-corrected chi connectivity index (χ1v) is 10.7. The largest absolute Gasteiger partial charge is 0.383 e. The molecule has 0 aromatic rings. The molecule has 0 spiro atoms. The van der Waals surface area contributed by atoms with Crippen LogP contribution in [-0.4, -0.2) is 32.3 Å². The fourth-order valence-electron chi connectivity index (χ4n) is 2.92. The van der Waals surface area contributed by atoms with Crippen molar-refractivity contribution in [2.45, 2.75) is 33.6 Å². The Morgan fingerprint density at radius 1 is 1.27 bits per heavy atom. The fourth-order valence-corrected chi connectivity index (χ4v) is 5.42. The van der Waals surface area contributed by atoms with E-state index >= 15 is 0 Å². The van der Waals surface area contributed by atoms with Gasteiger partial charge in [-0.1, -0.05) is 26.8 Å². The van der Waals surface area contributed by atoms with Gasteiger partial charge < -0.3 is 13.6 Å². The highest BCUT2D eigenvalue weighted by atomic mass is 32.2. The Labute approximate surface area is 131 Å². The van der Waals surface area contributed by atoms with Crippen molar-refractivity contribution in [1.82, 2.24) is 0 Å². The maximum Gasteiger partial charge on any atom is 0.329 e. The van der Waals surface area contributed by atoms with Crippen molar-refractivity contribution in [1.29, 1.82) is 0 Å². The highest BCUT2D eigenvalue weighted by molar-refractivity contribution is 7.86. The second kappa shape index (κ2) is 5.48. The molecule has 0 aromatic heterocycles. The van der Waals surface area contributed by atoms with Crippen molar-refractivity contribution in [3.63, 3.8) is 0 Å². The Balaban J connectivity index is 2.47. The lowest BCUT2D eigenvalue weighted by Crippen LogP contribution is -2.47. The molecule has 0 aromatic carbocycles. The molecule has 126 valence electrons. The van der Waals surface area contributed by atoms with Crippen molar-refractivity contribution in [2.24, 2.45) is 10.8 Å². The van der Waals surface area contributed by atoms with E-state index in [9.17, 15) is 17.9 Å². The minimum Gasteiger partial charge on any atom is -0.383 e. The van der Waals surface area contributed by atoms with Crippen LogP contribution in [0.1, 0.15) is 33.6 Å². The van der Waals surface area contributed by atoms with Gasteiger partial charge in [-0.05, 0) is 29.9 Å². The molecule has 0 radical (unpaired) electrons.